The molecule has 0 unspecified atom stereocenters. The molecular formula is C13H13NOS. The molecule has 0 atom stereocenters. The maximum absolute atomic E-state index is 9.94. The van der Waals surface area contributed by atoms with Crippen LogP contribution in [0.2, 0.25) is 0 Å². The van der Waals surface area contributed by atoms with Crippen molar-refractivity contribution in [2.75, 3.05) is 5.73 Å². The van der Waals surface area contributed by atoms with Gasteiger partial charge in [-0.3, -0.25) is 0 Å². The predicted molar refractivity (Wildman–Crippen MR) is 69.9 cm³/mol. The fourth-order valence-electron chi connectivity index (χ4n) is 1.62. The summed E-state index contributed by atoms with van der Waals surface area (Å²) in [5.41, 5.74) is 9.14. The molecular weight excluding hydrogens is 218 g/mol. The van der Waals surface area contributed by atoms with Crippen molar-refractivity contribution in [3.05, 3.63) is 42.0 Å². The number of anilines is 1. The Labute approximate surface area is 100 Å². The van der Waals surface area contributed by atoms with E-state index < -0.39 is 0 Å². The molecule has 0 spiro atoms. The number of aromatic hydroxyl groups is 1. The Morgan fingerprint density at radius 1 is 1.06 bits per heavy atom. The molecule has 0 aromatic heterocycles. The maximum atomic E-state index is 9.94. The predicted octanol–water partition coefficient (Wildman–Crippen LogP) is 3.24. The van der Waals surface area contributed by atoms with Gasteiger partial charge >= 0.3 is 0 Å². The van der Waals surface area contributed by atoms with Crippen LogP contribution in [0.5, 0.6) is 5.75 Å². The Morgan fingerprint density at radius 3 is 2.31 bits per heavy atom. The van der Waals surface area contributed by atoms with Gasteiger partial charge in [-0.2, -0.15) is 0 Å². The van der Waals surface area contributed by atoms with Gasteiger partial charge < -0.3 is 10.8 Å². The second kappa shape index (κ2) is 4.10. The number of rotatable bonds is 1. The molecule has 16 heavy (non-hydrogen) atoms. The number of hydrogen-bond donors (Lipinski definition) is 3. The minimum absolute atomic E-state index is 0.132. The zero-order chi connectivity index (χ0) is 11.7. The molecule has 3 N–H and O–H groups in total. The van der Waals surface area contributed by atoms with Crippen LogP contribution in [0.25, 0.3) is 11.1 Å². The first-order valence-corrected chi connectivity index (χ1v) is 5.42. The summed E-state index contributed by atoms with van der Waals surface area (Å²) in [6.45, 7) is 2.02. The monoisotopic (exact) mass is 231 g/mol. The van der Waals surface area contributed by atoms with Crippen molar-refractivity contribution >= 4 is 18.3 Å². The minimum atomic E-state index is 0.132. The van der Waals surface area contributed by atoms with Gasteiger partial charge in [0.05, 0.1) is 0 Å². The molecule has 0 amide bonds. The number of phenolic OH excluding ortho intramolecular Hbond substituents is 1. The molecule has 2 nitrogen and oxygen atoms in total. The fourth-order valence-corrected chi connectivity index (χ4v) is 1.81. The summed E-state index contributed by atoms with van der Waals surface area (Å²) in [4.78, 5) is 0.532. The molecule has 0 bridgehead atoms. The Balaban J connectivity index is 2.63. The normalized spacial score (nSPS) is 10.4. The standard InChI is InChI=1S/C13H13NOS/c1-8-2-4-9(5-3-8)12-10(14)6-7-11(16)13(12)15/h2-7,15-16H,14H2,1H3. The lowest BCUT2D eigenvalue weighted by atomic mass is 10.0. The summed E-state index contributed by atoms with van der Waals surface area (Å²) in [6, 6.07) is 11.3. The van der Waals surface area contributed by atoms with Crippen LogP contribution < -0.4 is 5.73 Å². The van der Waals surface area contributed by atoms with Gasteiger partial charge in [-0.05, 0) is 24.6 Å². The van der Waals surface area contributed by atoms with Crippen LogP contribution in [-0.2, 0) is 0 Å². The van der Waals surface area contributed by atoms with Crippen LogP contribution in [0.3, 0.4) is 0 Å². The lowest BCUT2D eigenvalue weighted by Crippen LogP contribution is -1.91. The highest BCUT2D eigenvalue weighted by Gasteiger charge is 2.10. The SMILES string of the molecule is Cc1ccc(-c2c(N)ccc(S)c2O)cc1. The minimum Gasteiger partial charge on any atom is -0.506 e. The van der Waals surface area contributed by atoms with Crippen LogP contribution in [0, 0.1) is 6.92 Å². The molecule has 0 aliphatic rings. The largest absolute Gasteiger partial charge is 0.506 e. The highest BCUT2D eigenvalue weighted by atomic mass is 32.1. The number of aryl methyl sites for hydroxylation is 1. The second-order valence-corrected chi connectivity index (χ2v) is 4.25. The zero-order valence-corrected chi connectivity index (χ0v) is 9.83. The van der Waals surface area contributed by atoms with E-state index in [1.165, 1.54) is 5.56 Å². The third-order valence-electron chi connectivity index (χ3n) is 2.53. The van der Waals surface area contributed by atoms with E-state index in [1.54, 1.807) is 12.1 Å². The average Bonchev–Trinajstić information content (AvgIpc) is 2.27. The van der Waals surface area contributed by atoms with Gasteiger partial charge in [-0.25, -0.2) is 0 Å². The van der Waals surface area contributed by atoms with E-state index in [-0.39, 0.29) is 5.75 Å². The fraction of sp³-hybridized carbons (Fsp3) is 0.0769. The topological polar surface area (TPSA) is 46.2 Å². The summed E-state index contributed by atoms with van der Waals surface area (Å²) >= 11 is 4.18. The van der Waals surface area contributed by atoms with Crippen molar-refractivity contribution < 1.29 is 5.11 Å². The van der Waals surface area contributed by atoms with Crippen LogP contribution in [-0.4, -0.2) is 5.11 Å². The first kappa shape index (κ1) is 10.9. The highest BCUT2D eigenvalue weighted by Crippen LogP contribution is 2.38. The molecule has 0 radical (unpaired) electrons. The van der Waals surface area contributed by atoms with E-state index >= 15 is 0 Å². The summed E-state index contributed by atoms with van der Waals surface area (Å²) in [5.74, 6) is 0.132. The lowest BCUT2D eigenvalue weighted by Gasteiger charge is -2.10. The Hall–Kier alpha value is -1.61. The van der Waals surface area contributed by atoms with E-state index in [2.05, 4.69) is 12.6 Å². The van der Waals surface area contributed by atoms with Gasteiger partial charge in [0, 0.05) is 16.1 Å². The molecule has 0 heterocycles. The second-order valence-electron chi connectivity index (χ2n) is 3.76. The number of benzene rings is 2. The summed E-state index contributed by atoms with van der Waals surface area (Å²) in [7, 11) is 0. The third-order valence-corrected chi connectivity index (χ3v) is 2.89. The average molecular weight is 231 g/mol. The molecule has 0 fully saturated rings. The molecule has 0 saturated carbocycles. The van der Waals surface area contributed by atoms with Crippen molar-refractivity contribution in [1.82, 2.24) is 0 Å². The van der Waals surface area contributed by atoms with E-state index in [4.69, 9.17) is 5.73 Å². The van der Waals surface area contributed by atoms with Gasteiger partial charge in [-0.1, -0.05) is 29.8 Å². The van der Waals surface area contributed by atoms with E-state index in [1.807, 2.05) is 31.2 Å². The molecule has 0 aliphatic carbocycles. The van der Waals surface area contributed by atoms with Crippen LogP contribution in [0.1, 0.15) is 5.56 Å². The van der Waals surface area contributed by atoms with Crippen molar-refractivity contribution in [2.45, 2.75) is 11.8 Å². The summed E-state index contributed by atoms with van der Waals surface area (Å²) < 4.78 is 0. The quantitative estimate of drug-likeness (QED) is 0.521. The number of hydrogen-bond acceptors (Lipinski definition) is 3. The number of nitrogen functional groups attached to an aromatic ring is 1. The first-order chi connectivity index (χ1) is 7.59. The van der Waals surface area contributed by atoms with E-state index in [9.17, 15) is 5.11 Å². The molecule has 2 aromatic carbocycles. The van der Waals surface area contributed by atoms with Crippen molar-refractivity contribution in [3.8, 4) is 16.9 Å². The molecule has 0 saturated heterocycles. The van der Waals surface area contributed by atoms with Gasteiger partial charge in [0.1, 0.15) is 5.75 Å². The van der Waals surface area contributed by atoms with E-state index in [0.717, 1.165) is 5.56 Å². The van der Waals surface area contributed by atoms with Gasteiger partial charge in [-0.15, -0.1) is 12.6 Å². The number of nitrogens with two attached hydrogens (primary N) is 1. The van der Waals surface area contributed by atoms with Crippen LogP contribution in [0.4, 0.5) is 5.69 Å². The Bertz CT molecular complexity index is 520. The summed E-state index contributed by atoms with van der Waals surface area (Å²) in [5, 5.41) is 9.94. The van der Waals surface area contributed by atoms with Crippen LogP contribution >= 0.6 is 12.6 Å². The smallest absolute Gasteiger partial charge is 0.138 e. The Morgan fingerprint density at radius 2 is 1.69 bits per heavy atom. The third kappa shape index (κ3) is 1.86. The number of thiol groups is 1. The molecule has 2 rings (SSSR count). The van der Waals surface area contributed by atoms with Crippen LogP contribution in [0.15, 0.2) is 41.3 Å². The molecule has 3 heteroatoms. The van der Waals surface area contributed by atoms with Crippen molar-refractivity contribution in [1.29, 1.82) is 0 Å². The highest BCUT2D eigenvalue weighted by molar-refractivity contribution is 7.80. The van der Waals surface area contributed by atoms with Gasteiger partial charge in [0.25, 0.3) is 0 Å². The lowest BCUT2D eigenvalue weighted by molar-refractivity contribution is 0.465. The van der Waals surface area contributed by atoms with E-state index in [0.29, 0.717) is 16.1 Å². The number of phenols is 1. The Kier molecular flexibility index (Phi) is 2.79. The molecule has 2 aromatic rings. The van der Waals surface area contributed by atoms with Crippen molar-refractivity contribution in [3.63, 3.8) is 0 Å². The molecule has 0 aliphatic heterocycles. The summed E-state index contributed by atoms with van der Waals surface area (Å²) in [6.07, 6.45) is 0. The molecule has 82 valence electrons. The van der Waals surface area contributed by atoms with Gasteiger partial charge in [0.15, 0.2) is 0 Å². The first-order valence-electron chi connectivity index (χ1n) is 4.97. The van der Waals surface area contributed by atoms with Gasteiger partial charge in [0.2, 0.25) is 0 Å². The zero-order valence-electron chi connectivity index (χ0n) is 8.94. The van der Waals surface area contributed by atoms with Crippen molar-refractivity contribution in [2.24, 2.45) is 0 Å². The maximum Gasteiger partial charge on any atom is 0.138 e.